The van der Waals surface area contributed by atoms with Crippen LogP contribution in [-0.4, -0.2) is 19.8 Å². The average Bonchev–Trinajstić information content (AvgIpc) is 2.49. The summed E-state index contributed by atoms with van der Waals surface area (Å²) >= 11 is 5.20. The summed E-state index contributed by atoms with van der Waals surface area (Å²) in [4.78, 5) is 1.34. The normalized spacial score (nSPS) is 13.2. The van der Waals surface area contributed by atoms with E-state index in [2.05, 4.69) is 40.3 Å². The predicted molar refractivity (Wildman–Crippen MR) is 60.2 cm³/mol. The van der Waals surface area contributed by atoms with Gasteiger partial charge in [-0.2, -0.15) is 0 Å². The van der Waals surface area contributed by atoms with Gasteiger partial charge >= 0.3 is 0 Å². The highest BCUT2D eigenvalue weighted by molar-refractivity contribution is 9.11. The fourth-order valence-corrected chi connectivity index (χ4v) is 2.46. The Hall–Kier alpha value is 0.1000. The van der Waals surface area contributed by atoms with Crippen molar-refractivity contribution < 1.29 is 4.74 Å². The summed E-state index contributed by atoms with van der Waals surface area (Å²) < 4.78 is 6.21. The molecule has 2 nitrogen and oxygen atoms in total. The molecule has 0 saturated carbocycles. The molecule has 4 heteroatoms. The summed E-state index contributed by atoms with van der Waals surface area (Å²) in [6, 6.07) is 4.61. The van der Waals surface area contributed by atoms with Gasteiger partial charge in [-0.05, 0) is 35.0 Å². The smallest absolute Gasteiger partial charge is 0.0701 e. The fraction of sp³-hybridized carbons (Fsp3) is 0.556. The number of halogens is 1. The molecule has 1 atom stereocenters. The van der Waals surface area contributed by atoms with Gasteiger partial charge in [-0.25, -0.2) is 0 Å². The van der Waals surface area contributed by atoms with E-state index in [1.54, 1.807) is 18.4 Å². The zero-order valence-corrected chi connectivity index (χ0v) is 10.2. The van der Waals surface area contributed by atoms with Crippen LogP contribution in [0, 0.1) is 0 Å². The van der Waals surface area contributed by atoms with Crippen molar-refractivity contribution >= 4 is 27.3 Å². The van der Waals surface area contributed by atoms with Gasteiger partial charge in [0.05, 0.1) is 10.4 Å². The van der Waals surface area contributed by atoms with E-state index < -0.39 is 0 Å². The van der Waals surface area contributed by atoms with E-state index >= 15 is 0 Å². The lowest BCUT2D eigenvalue weighted by atomic mass is 10.3. The van der Waals surface area contributed by atoms with Crippen LogP contribution in [0.4, 0.5) is 0 Å². The molecule has 0 aliphatic heterocycles. The largest absolute Gasteiger partial charge is 0.383 e. The van der Waals surface area contributed by atoms with E-state index in [0.29, 0.717) is 6.04 Å². The van der Waals surface area contributed by atoms with Crippen LogP contribution in [0.2, 0.25) is 0 Å². The fourth-order valence-electron chi connectivity index (χ4n) is 1.03. The lowest BCUT2D eigenvalue weighted by Gasteiger charge is -2.11. The van der Waals surface area contributed by atoms with Crippen LogP contribution in [-0.2, 0) is 11.3 Å². The molecule has 1 heterocycles. The number of methoxy groups -OCH3 is 1. The lowest BCUT2D eigenvalue weighted by molar-refractivity contribution is 0.172. The topological polar surface area (TPSA) is 21.3 Å². The first-order valence-electron chi connectivity index (χ1n) is 4.19. The van der Waals surface area contributed by atoms with Gasteiger partial charge in [-0.3, -0.25) is 0 Å². The molecule has 0 saturated heterocycles. The van der Waals surface area contributed by atoms with Gasteiger partial charge in [0.2, 0.25) is 0 Å². The van der Waals surface area contributed by atoms with Crippen molar-refractivity contribution in [3.8, 4) is 0 Å². The third-order valence-electron chi connectivity index (χ3n) is 1.67. The van der Waals surface area contributed by atoms with Gasteiger partial charge < -0.3 is 10.1 Å². The van der Waals surface area contributed by atoms with Gasteiger partial charge in [0.15, 0.2) is 0 Å². The summed E-state index contributed by atoms with van der Waals surface area (Å²) in [5.74, 6) is 0. The van der Waals surface area contributed by atoms with E-state index in [-0.39, 0.29) is 0 Å². The summed E-state index contributed by atoms with van der Waals surface area (Å²) in [6.07, 6.45) is 0. The van der Waals surface area contributed by atoms with Crippen molar-refractivity contribution in [2.75, 3.05) is 13.7 Å². The first kappa shape index (κ1) is 11.2. The quantitative estimate of drug-likeness (QED) is 0.882. The molecule has 1 aromatic heterocycles. The van der Waals surface area contributed by atoms with Crippen molar-refractivity contribution in [3.63, 3.8) is 0 Å². The summed E-state index contributed by atoms with van der Waals surface area (Å²) in [6.45, 7) is 3.79. The monoisotopic (exact) mass is 263 g/mol. The molecule has 0 aliphatic carbocycles. The maximum Gasteiger partial charge on any atom is 0.0701 e. The third kappa shape index (κ3) is 4.22. The number of nitrogens with one attached hydrogen (secondary N) is 1. The molecule has 13 heavy (non-hydrogen) atoms. The van der Waals surface area contributed by atoms with Crippen LogP contribution in [0.25, 0.3) is 0 Å². The Balaban J connectivity index is 2.26. The Morgan fingerprint density at radius 3 is 2.92 bits per heavy atom. The minimum Gasteiger partial charge on any atom is -0.383 e. The molecule has 1 rings (SSSR count). The molecule has 0 spiro atoms. The van der Waals surface area contributed by atoms with Crippen molar-refractivity contribution in [2.45, 2.75) is 19.5 Å². The van der Waals surface area contributed by atoms with Crippen LogP contribution in [0.3, 0.4) is 0 Å². The molecular formula is C9H14BrNOS. The number of thiophene rings is 1. The second-order valence-electron chi connectivity index (χ2n) is 2.94. The van der Waals surface area contributed by atoms with Crippen molar-refractivity contribution in [1.82, 2.24) is 5.32 Å². The number of hydrogen-bond donors (Lipinski definition) is 1. The minimum absolute atomic E-state index is 0.408. The zero-order chi connectivity index (χ0) is 9.68. The highest BCUT2D eigenvalue weighted by atomic mass is 79.9. The molecule has 1 unspecified atom stereocenters. The maximum atomic E-state index is 5.03. The second kappa shape index (κ2) is 5.75. The van der Waals surface area contributed by atoms with Crippen LogP contribution >= 0.6 is 27.3 Å². The number of ether oxygens (including phenoxy) is 1. The van der Waals surface area contributed by atoms with Crippen LogP contribution in [0.1, 0.15) is 11.8 Å². The number of rotatable bonds is 5. The van der Waals surface area contributed by atoms with E-state index in [1.807, 2.05) is 0 Å². The van der Waals surface area contributed by atoms with E-state index in [9.17, 15) is 0 Å². The third-order valence-corrected chi connectivity index (χ3v) is 3.29. The van der Waals surface area contributed by atoms with E-state index in [4.69, 9.17) is 4.74 Å². The minimum atomic E-state index is 0.408. The molecule has 0 bridgehead atoms. The molecular weight excluding hydrogens is 250 g/mol. The maximum absolute atomic E-state index is 5.03. The molecule has 74 valence electrons. The van der Waals surface area contributed by atoms with Crippen molar-refractivity contribution in [3.05, 3.63) is 20.8 Å². The van der Waals surface area contributed by atoms with Gasteiger partial charge in [0.25, 0.3) is 0 Å². The highest BCUT2D eigenvalue weighted by Gasteiger charge is 2.01. The van der Waals surface area contributed by atoms with Gasteiger partial charge in [-0.15, -0.1) is 11.3 Å². The second-order valence-corrected chi connectivity index (χ2v) is 5.49. The first-order chi connectivity index (χ1) is 6.22. The SMILES string of the molecule is COCC(C)NCc1ccc(Br)s1. The van der Waals surface area contributed by atoms with Crippen LogP contribution < -0.4 is 5.32 Å². The molecule has 1 aromatic rings. The first-order valence-corrected chi connectivity index (χ1v) is 5.80. The van der Waals surface area contributed by atoms with Gasteiger partial charge in [0, 0.05) is 24.6 Å². The standard InChI is InChI=1S/C9H14BrNOS/c1-7(6-12-2)11-5-8-3-4-9(10)13-8/h3-4,7,11H,5-6H2,1-2H3. The van der Waals surface area contributed by atoms with Gasteiger partial charge in [0.1, 0.15) is 0 Å². The van der Waals surface area contributed by atoms with E-state index in [1.165, 1.54) is 8.66 Å². The number of hydrogen-bond acceptors (Lipinski definition) is 3. The van der Waals surface area contributed by atoms with Crippen LogP contribution in [0.5, 0.6) is 0 Å². The molecule has 1 N–H and O–H groups in total. The van der Waals surface area contributed by atoms with Crippen molar-refractivity contribution in [1.29, 1.82) is 0 Å². The van der Waals surface area contributed by atoms with Crippen LogP contribution in [0.15, 0.2) is 15.9 Å². The van der Waals surface area contributed by atoms with E-state index in [0.717, 1.165) is 13.2 Å². The molecule has 0 fully saturated rings. The Kier molecular flexibility index (Phi) is 4.94. The summed E-state index contributed by atoms with van der Waals surface area (Å²) in [5, 5.41) is 3.38. The lowest BCUT2D eigenvalue weighted by Crippen LogP contribution is -2.29. The molecule has 0 aliphatic rings. The Labute approximate surface area is 91.4 Å². The Bertz CT molecular complexity index is 252. The molecule has 0 amide bonds. The summed E-state index contributed by atoms with van der Waals surface area (Å²) in [7, 11) is 1.72. The summed E-state index contributed by atoms with van der Waals surface area (Å²) in [5.41, 5.74) is 0. The Morgan fingerprint density at radius 2 is 2.38 bits per heavy atom. The van der Waals surface area contributed by atoms with Gasteiger partial charge in [-0.1, -0.05) is 0 Å². The van der Waals surface area contributed by atoms with Crippen molar-refractivity contribution in [2.24, 2.45) is 0 Å². The molecule has 0 aromatic carbocycles. The highest BCUT2D eigenvalue weighted by Crippen LogP contribution is 2.21. The molecule has 0 radical (unpaired) electrons. The Morgan fingerprint density at radius 1 is 1.62 bits per heavy atom. The predicted octanol–water partition coefficient (Wildman–Crippen LogP) is 2.64. The zero-order valence-electron chi connectivity index (χ0n) is 7.84. The average molecular weight is 264 g/mol.